The van der Waals surface area contributed by atoms with E-state index >= 15 is 0 Å². The zero-order valence-electron chi connectivity index (χ0n) is 11.1. The number of H-pyrrole nitrogens is 1. The fourth-order valence-electron chi connectivity index (χ4n) is 2.13. The van der Waals surface area contributed by atoms with Gasteiger partial charge in [-0.1, -0.05) is 12.1 Å². The Morgan fingerprint density at radius 2 is 2.20 bits per heavy atom. The highest BCUT2D eigenvalue weighted by atomic mass is 16.1. The number of carbonyl (C=O) groups excluding carboxylic acids is 1. The summed E-state index contributed by atoms with van der Waals surface area (Å²) >= 11 is 0. The zero-order valence-corrected chi connectivity index (χ0v) is 11.1. The molecule has 3 aromatic rings. The van der Waals surface area contributed by atoms with E-state index < -0.39 is 0 Å². The molecule has 0 radical (unpaired) electrons. The molecule has 5 heteroatoms. The molecule has 1 amide bonds. The van der Waals surface area contributed by atoms with Crippen molar-refractivity contribution in [3.8, 4) is 0 Å². The van der Waals surface area contributed by atoms with Crippen LogP contribution in [0.3, 0.4) is 0 Å². The highest BCUT2D eigenvalue weighted by Gasteiger charge is 2.10. The smallest absolute Gasteiger partial charge is 0.252 e. The molecule has 5 nitrogen and oxygen atoms in total. The van der Waals surface area contributed by atoms with E-state index in [2.05, 4.69) is 20.5 Å². The summed E-state index contributed by atoms with van der Waals surface area (Å²) in [5.41, 5.74) is 3.40. The van der Waals surface area contributed by atoms with Crippen molar-refractivity contribution in [1.82, 2.24) is 20.5 Å². The van der Waals surface area contributed by atoms with Crippen molar-refractivity contribution in [1.29, 1.82) is 0 Å². The summed E-state index contributed by atoms with van der Waals surface area (Å²) in [5.74, 6) is -0.107. The van der Waals surface area contributed by atoms with Crippen molar-refractivity contribution in [2.24, 2.45) is 0 Å². The monoisotopic (exact) mass is 266 g/mol. The van der Waals surface area contributed by atoms with Crippen LogP contribution in [-0.4, -0.2) is 21.1 Å². The SMILES string of the molecule is Cc1[nH]ncc1CNC(=O)c1cccc2ncccc12. The Kier molecular flexibility index (Phi) is 3.16. The van der Waals surface area contributed by atoms with Crippen molar-refractivity contribution in [3.63, 3.8) is 0 Å². The van der Waals surface area contributed by atoms with E-state index in [9.17, 15) is 4.79 Å². The second-order valence-corrected chi connectivity index (χ2v) is 4.58. The zero-order chi connectivity index (χ0) is 13.9. The van der Waals surface area contributed by atoms with E-state index in [0.717, 1.165) is 22.2 Å². The third-order valence-electron chi connectivity index (χ3n) is 3.26. The van der Waals surface area contributed by atoms with Crippen LogP contribution in [-0.2, 0) is 6.54 Å². The Labute approximate surface area is 116 Å². The van der Waals surface area contributed by atoms with E-state index in [0.29, 0.717) is 12.1 Å². The first kappa shape index (κ1) is 12.3. The van der Waals surface area contributed by atoms with Crippen molar-refractivity contribution in [3.05, 3.63) is 59.5 Å². The maximum atomic E-state index is 12.3. The summed E-state index contributed by atoms with van der Waals surface area (Å²) < 4.78 is 0. The molecule has 0 aliphatic rings. The van der Waals surface area contributed by atoms with Gasteiger partial charge in [0.15, 0.2) is 0 Å². The average molecular weight is 266 g/mol. The van der Waals surface area contributed by atoms with E-state index in [1.807, 2.05) is 37.3 Å². The molecule has 0 saturated heterocycles. The normalized spacial score (nSPS) is 10.7. The minimum absolute atomic E-state index is 0.107. The number of amides is 1. The van der Waals surface area contributed by atoms with E-state index in [-0.39, 0.29) is 5.91 Å². The third-order valence-corrected chi connectivity index (χ3v) is 3.26. The Balaban J connectivity index is 1.84. The largest absolute Gasteiger partial charge is 0.348 e. The van der Waals surface area contributed by atoms with Gasteiger partial charge >= 0.3 is 0 Å². The number of aromatic nitrogens is 3. The number of hydrogen-bond donors (Lipinski definition) is 2. The molecule has 0 unspecified atom stereocenters. The number of pyridine rings is 1. The highest BCUT2D eigenvalue weighted by molar-refractivity contribution is 6.06. The first-order valence-electron chi connectivity index (χ1n) is 6.36. The Morgan fingerprint density at radius 3 is 3.00 bits per heavy atom. The van der Waals surface area contributed by atoms with Crippen LogP contribution in [0, 0.1) is 6.92 Å². The summed E-state index contributed by atoms with van der Waals surface area (Å²) in [6.07, 6.45) is 3.44. The molecule has 20 heavy (non-hydrogen) atoms. The fraction of sp³-hybridized carbons (Fsp3) is 0.133. The first-order chi connectivity index (χ1) is 9.75. The maximum Gasteiger partial charge on any atom is 0.252 e. The number of aromatic amines is 1. The van der Waals surface area contributed by atoms with Gasteiger partial charge in [-0.2, -0.15) is 5.10 Å². The number of carbonyl (C=O) groups is 1. The van der Waals surface area contributed by atoms with E-state index in [1.165, 1.54) is 0 Å². The van der Waals surface area contributed by atoms with Crippen molar-refractivity contribution in [2.45, 2.75) is 13.5 Å². The van der Waals surface area contributed by atoms with Gasteiger partial charge in [0.25, 0.3) is 5.91 Å². The molecule has 100 valence electrons. The molecular weight excluding hydrogens is 252 g/mol. The molecule has 0 bridgehead atoms. The number of rotatable bonds is 3. The van der Waals surface area contributed by atoms with Crippen molar-refractivity contribution >= 4 is 16.8 Å². The molecule has 0 aliphatic heterocycles. The molecule has 1 aromatic carbocycles. The maximum absolute atomic E-state index is 12.3. The lowest BCUT2D eigenvalue weighted by Crippen LogP contribution is -2.23. The number of hydrogen-bond acceptors (Lipinski definition) is 3. The van der Waals surface area contributed by atoms with Crippen LogP contribution in [0.25, 0.3) is 10.9 Å². The van der Waals surface area contributed by atoms with Crippen LogP contribution < -0.4 is 5.32 Å². The van der Waals surface area contributed by atoms with Crippen LogP contribution in [0.4, 0.5) is 0 Å². The van der Waals surface area contributed by atoms with Gasteiger partial charge in [0, 0.05) is 34.9 Å². The fourth-order valence-corrected chi connectivity index (χ4v) is 2.13. The van der Waals surface area contributed by atoms with Gasteiger partial charge < -0.3 is 5.32 Å². The lowest BCUT2D eigenvalue weighted by atomic mass is 10.1. The predicted octanol–water partition coefficient (Wildman–Crippen LogP) is 2.20. The molecule has 0 atom stereocenters. The van der Waals surface area contributed by atoms with Crippen LogP contribution in [0.1, 0.15) is 21.6 Å². The summed E-state index contributed by atoms with van der Waals surface area (Å²) in [6.45, 7) is 2.38. The number of benzene rings is 1. The van der Waals surface area contributed by atoms with E-state index in [4.69, 9.17) is 0 Å². The summed E-state index contributed by atoms with van der Waals surface area (Å²) in [6, 6.07) is 9.28. The molecule has 0 fully saturated rings. The Morgan fingerprint density at radius 1 is 1.30 bits per heavy atom. The average Bonchev–Trinajstić information content (AvgIpc) is 2.89. The minimum Gasteiger partial charge on any atom is -0.348 e. The second kappa shape index (κ2) is 5.13. The third kappa shape index (κ3) is 2.25. The van der Waals surface area contributed by atoms with Gasteiger partial charge in [-0.05, 0) is 25.1 Å². The predicted molar refractivity (Wildman–Crippen MR) is 76.2 cm³/mol. The van der Waals surface area contributed by atoms with Gasteiger partial charge in [0.2, 0.25) is 0 Å². The molecule has 2 N–H and O–H groups in total. The lowest BCUT2D eigenvalue weighted by molar-refractivity contribution is 0.0952. The molecule has 0 aliphatic carbocycles. The second-order valence-electron chi connectivity index (χ2n) is 4.58. The lowest BCUT2D eigenvalue weighted by Gasteiger charge is -2.07. The van der Waals surface area contributed by atoms with Crippen LogP contribution >= 0.6 is 0 Å². The Bertz CT molecular complexity index is 758. The number of aryl methyl sites for hydroxylation is 1. The van der Waals surface area contributed by atoms with E-state index in [1.54, 1.807) is 12.4 Å². The Hall–Kier alpha value is -2.69. The number of nitrogens with one attached hydrogen (secondary N) is 2. The summed E-state index contributed by atoms with van der Waals surface area (Å²) in [7, 11) is 0. The van der Waals surface area contributed by atoms with Crippen LogP contribution in [0.5, 0.6) is 0 Å². The molecular formula is C15H14N4O. The van der Waals surface area contributed by atoms with Crippen LogP contribution in [0.15, 0.2) is 42.7 Å². The topological polar surface area (TPSA) is 70.7 Å². The molecule has 2 heterocycles. The highest BCUT2D eigenvalue weighted by Crippen LogP contribution is 2.16. The van der Waals surface area contributed by atoms with Crippen molar-refractivity contribution < 1.29 is 4.79 Å². The van der Waals surface area contributed by atoms with Crippen molar-refractivity contribution in [2.75, 3.05) is 0 Å². The summed E-state index contributed by atoms with van der Waals surface area (Å²) in [5, 5.41) is 10.6. The molecule has 2 aromatic heterocycles. The minimum atomic E-state index is -0.107. The van der Waals surface area contributed by atoms with Gasteiger partial charge in [-0.3, -0.25) is 14.9 Å². The van der Waals surface area contributed by atoms with Gasteiger partial charge in [0.05, 0.1) is 11.7 Å². The van der Waals surface area contributed by atoms with Gasteiger partial charge in [0.1, 0.15) is 0 Å². The molecule has 0 saturated carbocycles. The van der Waals surface area contributed by atoms with Gasteiger partial charge in [-0.25, -0.2) is 0 Å². The first-order valence-corrected chi connectivity index (χ1v) is 6.36. The quantitative estimate of drug-likeness (QED) is 0.763. The summed E-state index contributed by atoms with van der Waals surface area (Å²) in [4.78, 5) is 16.5. The number of nitrogens with zero attached hydrogens (tertiary/aromatic N) is 2. The standard InChI is InChI=1S/C15H14N4O/c1-10-11(9-18-19-10)8-17-15(20)13-4-2-6-14-12(13)5-3-7-16-14/h2-7,9H,8H2,1H3,(H,17,20)(H,18,19). The van der Waals surface area contributed by atoms with Gasteiger partial charge in [-0.15, -0.1) is 0 Å². The number of fused-ring (bicyclic) bond motifs is 1. The molecule has 3 rings (SSSR count). The van der Waals surface area contributed by atoms with Crippen LogP contribution in [0.2, 0.25) is 0 Å². The molecule has 0 spiro atoms.